The minimum atomic E-state index is -0.0377. The van der Waals surface area contributed by atoms with Gasteiger partial charge in [0.2, 0.25) is 0 Å². The Morgan fingerprint density at radius 3 is 2.69 bits per heavy atom. The molecule has 148 valence electrons. The van der Waals surface area contributed by atoms with Crippen LogP contribution >= 0.6 is 23.1 Å². The fourth-order valence-electron chi connectivity index (χ4n) is 3.25. The molecule has 0 unspecified atom stereocenters. The molecule has 1 aliphatic heterocycles. The van der Waals surface area contributed by atoms with Gasteiger partial charge in [-0.1, -0.05) is 43.8 Å². The highest BCUT2D eigenvalue weighted by atomic mass is 32.2. The molecule has 2 heterocycles. The van der Waals surface area contributed by atoms with E-state index in [1.165, 1.54) is 15.3 Å². The van der Waals surface area contributed by atoms with Gasteiger partial charge in [-0.2, -0.15) is 0 Å². The maximum absolute atomic E-state index is 12.6. The van der Waals surface area contributed by atoms with Crippen LogP contribution in [0.5, 0.6) is 0 Å². The van der Waals surface area contributed by atoms with Gasteiger partial charge in [-0.15, -0.1) is 11.3 Å². The Morgan fingerprint density at radius 1 is 1.10 bits per heavy atom. The molecule has 1 N–H and O–H groups in total. The number of amides is 1. The van der Waals surface area contributed by atoms with E-state index in [-0.39, 0.29) is 5.91 Å². The van der Waals surface area contributed by atoms with Crippen LogP contribution in [0.4, 0.5) is 5.69 Å². The zero-order chi connectivity index (χ0) is 20.4. The van der Waals surface area contributed by atoms with Gasteiger partial charge < -0.3 is 5.32 Å². The summed E-state index contributed by atoms with van der Waals surface area (Å²) in [6.45, 7) is 7.13. The maximum Gasteiger partial charge on any atom is 0.251 e. The number of fused-ring (bicyclic) bond motifs is 2. The van der Waals surface area contributed by atoms with Gasteiger partial charge in [-0.3, -0.25) is 4.79 Å². The van der Waals surface area contributed by atoms with Crippen LogP contribution in [-0.2, 0) is 0 Å². The van der Waals surface area contributed by atoms with Crippen LogP contribution in [0, 0.1) is 12.8 Å². The third kappa shape index (κ3) is 4.31. The van der Waals surface area contributed by atoms with Crippen molar-refractivity contribution in [1.29, 1.82) is 0 Å². The molecule has 0 atom stereocenters. The van der Waals surface area contributed by atoms with Crippen LogP contribution in [0.1, 0.15) is 46.6 Å². The van der Waals surface area contributed by atoms with E-state index in [0.29, 0.717) is 18.0 Å². The molecule has 0 saturated carbocycles. The molecule has 0 spiro atoms. The lowest BCUT2D eigenvalue weighted by molar-refractivity contribution is 0.0952. The van der Waals surface area contributed by atoms with Crippen molar-refractivity contribution < 1.29 is 4.79 Å². The molecule has 1 aromatic heterocycles. The molecule has 4 rings (SSSR count). The molecular weight excluding hydrogens is 396 g/mol. The minimum absolute atomic E-state index is 0.0377. The van der Waals surface area contributed by atoms with E-state index in [1.807, 2.05) is 18.2 Å². The Morgan fingerprint density at radius 2 is 1.93 bits per heavy atom. The van der Waals surface area contributed by atoms with Crippen molar-refractivity contribution in [1.82, 2.24) is 5.32 Å². The van der Waals surface area contributed by atoms with E-state index >= 15 is 0 Å². The third-order valence-electron chi connectivity index (χ3n) is 4.90. The highest BCUT2D eigenvalue weighted by Gasteiger charge is 2.21. The van der Waals surface area contributed by atoms with Crippen molar-refractivity contribution >= 4 is 40.4 Å². The number of carbonyl (C=O) groups excluding carboxylic acids is 1. The molecule has 1 amide bonds. The summed E-state index contributed by atoms with van der Waals surface area (Å²) in [5.74, 6) is 0.530. The Kier molecular flexibility index (Phi) is 5.88. The van der Waals surface area contributed by atoms with Gasteiger partial charge in [0.05, 0.1) is 16.3 Å². The second kappa shape index (κ2) is 8.56. The maximum atomic E-state index is 12.6. The summed E-state index contributed by atoms with van der Waals surface area (Å²) in [4.78, 5) is 21.1. The van der Waals surface area contributed by atoms with Gasteiger partial charge in [0, 0.05) is 27.5 Å². The molecule has 5 heteroatoms. The van der Waals surface area contributed by atoms with Crippen LogP contribution in [0.3, 0.4) is 0 Å². The fraction of sp³-hybridized carbons (Fsp3) is 0.250. The monoisotopic (exact) mass is 420 g/mol. The Labute approximate surface area is 180 Å². The van der Waals surface area contributed by atoms with Crippen LogP contribution < -0.4 is 5.32 Å². The van der Waals surface area contributed by atoms with Crippen molar-refractivity contribution in [2.75, 3.05) is 6.54 Å². The summed E-state index contributed by atoms with van der Waals surface area (Å²) >= 11 is 3.42. The van der Waals surface area contributed by atoms with Crippen molar-refractivity contribution in [3.05, 3.63) is 75.5 Å². The predicted molar refractivity (Wildman–Crippen MR) is 123 cm³/mol. The first-order chi connectivity index (χ1) is 14.0. The molecule has 0 saturated heterocycles. The summed E-state index contributed by atoms with van der Waals surface area (Å²) in [5.41, 5.74) is 4.86. The Hall–Kier alpha value is -2.37. The molecule has 0 radical (unpaired) electrons. The molecule has 1 aliphatic rings. The minimum Gasteiger partial charge on any atom is -0.352 e. The van der Waals surface area contributed by atoms with Crippen LogP contribution in [0.25, 0.3) is 0 Å². The average Bonchev–Trinajstić information content (AvgIpc) is 3.05. The van der Waals surface area contributed by atoms with E-state index < -0.39 is 0 Å². The number of thiophene rings is 1. The molecular formula is C24H24N2OS2. The second-order valence-electron chi connectivity index (χ2n) is 7.61. The number of rotatable bonds is 5. The Bertz CT molecular complexity index is 1080. The number of nitrogens with one attached hydrogen (secondary N) is 1. The SMILES string of the molecule is Cc1ccsc1C1=Nc2cc(C(=O)NCCC(C)C)ccc2Sc2ccccc21. The van der Waals surface area contributed by atoms with Gasteiger partial charge in [0.15, 0.2) is 0 Å². The molecule has 0 aliphatic carbocycles. The molecule has 29 heavy (non-hydrogen) atoms. The summed E-state index contributed by atoms with van der Waals surface area (Å²) in [5, 5.41) is 5.13. The molecule has 3 nitrogen and oxygen atoms in total. The molecule has 3 aromatic rings. The quantitative estimate of drug-likeness (QED) is 0.402. The number of aliphatic imine (C=N–C) groups is 1. The summed E-state index contributed by atoms with van der Waals surface area (Å²) < 4.78 is 0. The molecule has 2 aromatic carbocycles. The summed E-state index contributed by atoms with van der Waals surface area (Å²) in [6.07, 6.45) is 0.974. The van der Waals surface area contributed by atoms with Gasteiger partial charge in [0.25, 0.3) is 5.91 Å². The lowest BCUT2D eigenvalue weighted by Gasteiger charge is -2.09. The van der Waals surface area contributed by atoms with Gasteiger partial charge in [-0.25, -0.2) is 4.99 Å². The number of hydrogen-bond donors (Lipinski definition) is 1. The smallest absolute Gasteiger partial charge is 0.251 e. The number of hydrogen-bond acceptors (Lipinski definition) is 4. The standard InChI is InChI=1S/C24H24N2OS2/c1-15(2)10-12-25-24(27)17-8-9-21-19(14-17)26-22(23-16(3)11-13-28-23)18-6-4-5-7-20(18)29-21/h4-9,11,13-15H,10,12H2,1-3H3,(H,25,27). The van der Waals surface area contributed by atoms with E-state index in [1.54, 1.807) is 23.1 Å². The molecule has 0 fully saturated rings. The first-order valence-corrected chi connectivity index (χ1v) is 11.5. The lowest BCUT2D eigenvalue weighted by atomic mass is 10.1. The normalized spacial score (nSPS) is 12.8. The van der Waals surface area contributed by atoms with Gasteiger partial charge >= 0.3 is 0 Å². The zero-order valence-corrected chi connectivity index (χ0v) is 18.5. The van der Waals surface area contributed by atoms with Crippen molar-refractivity contribution in [2.24, 2.45) is 10.9 Å². The van der Waals surface area contributed by atoms with Crippen molar-refractivity contribution in [2.45, 2.75) is 37.0 Å². The number of carbonyl (C=O) groups is 1. The predicted octanol–water partition coefficient (Wildman–Crippen LogP) is 6.47. The largest absolute Gasteiger partial charge is 0.352 e. The zero-order valence-electron chi connectivity index (χ0n) is 16.9. The second-order valence-corrected chi connectivity index (χ2v) is 9.61. The van der Waals surface area contributed by atoms with Crippen LogP contribution in [-0.4, -0.2) is 18.2 Å². The Balaban J connectivity index is 1.74. The van der Waals surface area contributed by atoms with Crippen LogP contribution in [0.2, 0.25) is 0 Å². The van der Waals surface area contributed by atoms with E-state index in [2.05, 4.69) is 61.8 Å². The third-order valence-corrected chi connectivity index (χ3v) is 7.06. The van der Waals surface area contributed by atoms with E-state index in [9.17, 15) is 4.79 Å². The lowest BCUT2D eigenvalue weighted by Crippen LogP contribution is -2.25. The topological polar surface area (TPSA) is 41.5 Å². The number of benzene rings is 2. The van der Waals surface area contributed by atoms with Gasteiger partial charge in [0.1, 0.15) is 0 Å². The highest BCUT2D eigenvalue weighted by molar-refractivity contribution is 7.99. The first-order valence-electron chi connectivity index (χ1n) is 9.85. The first kappa shape index (κ1) is 19.9. The van der Waals surface area contributed by atoms with Crippen molar-refractivity contribution in [3.8, 4) is 0 Å². The summed E-state index contributed by atoms with van der Waals surface area (Å²) in [6, 6.07) is 16.3. The molecule has 0 bridgehead atoms. The van der Waals surface area contributed by atoms with Crippen molar-refractivity contribution in [3.63, 3.8) is 0 Å². The fourth-order valence-corrected chi connectivity index (χ4v) is 5.18. The number of aryl methyl sites for hydroxylation is 1. The van der Waals surface area contributed by atoms with E-state index in [0.717, 1.165) is 28.3 Å². The number of nitrogens with zero attached hydrogens (tertiary/aromatic N) is 1. The summed E-state index contributed by atoms with van der Waals surface area (Å²) in [7, 11) is 0. The van der Waals surface area contributed by atoms with Crippen LogP contribution in [0.15, 0.2) is 68.7 Å². The van der Waals surface area contributed by atoms with E-state index in [4.69, 9.17) is 4.99 Å². The van der Waals surface area contributed by atoms with Gasteiger partial charge in [-0.05, 0) is 60.5 Å². The average molecular weight is 421 g/mol. The highest BCUT2D eigenvalue weighted by Crippen LogP contribution is 2.42.